The molecule has 1 atom stereocenters. The van der Waals surface area contributed by atoms with Crippen LogP contribution in [0.3, 0.4) is 0 Å². The Labute approximate surface area is 128 Å². The average Bonchev–Trinajstić information content (AvgIpc) is 2.46. The standard InChI is InChI=1S/C15H10BF7/c1-3-4-15(2,16)7-8(17)5-6(9(18)12(7)21)11(20)14(23)13(22)10(5)19/h3-4H2,1-2H3. The predicted octanol–water partition coefficient (Wildman–Crippen LogP) is 5.00. The second kappa shape index (κ2) is 5.72. The molecule has 0 nitrogen and oxygen atoms in total. The summed E-state index contributed by atoms with van der Waals surface area (Å²) in [5.74, 6) is -14.7. The van der Waals surface area contributed by atoms with Gasteiger partial charge in [0.2, 0.25) is 0 Å². The molecule has 8 heteroatoms. The highest BCUT2D eigenvalue weighted by Gasteiger charge is 2.35. The van der Waals surface area contributed by atoms with Crippen molar-refractivity contribution in [3.05, 3.63) is 46.3 Å². The van der Waals surface area contributed by atoms with Gasteiger partial charge in [0, 0.05) is 5.56 Å². The monoisotopic (exact) mass is 334 g/mol. The van der Waals surface area contributed by atoms with Crippen LogP contribution in [0.25, 0.3) is 10.8 Å². The first-order valence-electron chi connectivity index (χ1n) is 6.67. The molecule has 0 bridgehead atoms. The lowest BCUT2D eigenvalue weighted by molar-refractivity contribution is 0.407. The van der Waals surface area contributed by atoms with Gasteiger partial charge in [-0.15, -0.1) is 0 Å². The van der Waals surface area contributed by atoms with Gasteiger partial charge in [-0.2, -0.15) is 0 Å². The second-order valence-corrected chi connectivity index (χ2v) is 5.49. The summed E-state index contributed by atoms with van der Waals surface area (Å²) in [4.78, 5) is 0. The van der Waals surface area contributed by atoms with Gasteiger partial charge in [0.25, 0.3) is 0 Å². The summed E-state index contributed by atoms with van der Waals surface area (Å²) in [7, 11) is 5.74. The van der Waals surface area contributed by atoms with Crippen LogP contribution in [0.15, 0.2) is 0 Å². The van der Waals surface area contributed by atoms with Crippen molar-refractivity contribution in [3.63, 3.8) is 0 Å². The maximum atomic E-state index is 14.5. The Morgan fingerprint density at radius 2 is 1.09 bits per heavy atom. The fourth-order valence-corrected chi connectivity index (χ4v) is 2.63. The lowest BCUT2D eigenvalue weighted by atomic mass is 9.62. The molecule has 2 aromatic rings. The molecule has 0 aliphatic heterocycles. The predicted molar refractivity (Wildman–Crippen MR) is 71.7 cm³/mol. The summed E-state index contributed by atoms with van der Waals surface area (Å²) < 4.78 is 96.7. The van der Waals surface area contributed by atoms with Crippen molar-refractivity contribution in [2.45, 2.75) is 32.0 Å². The number of fused-ring (bicyclic) bond motifs is 1. The summed E-state index contributed by atoms with van der Waals surface area (Å²) in [6, 6.07) is 0. The smallest absolute Gasteiger partial charge is 0.198 e. The van der Waals surface area contributed by atoms with E-state index >= 15 is 0 Å². The summed E-state index contributed by atoms with van der Waals surface area (Å²) in [6.07, 6.45) is 0.333. The Morgan fingerprint density at radius 1 is 0.696 bits per heavy atom. The molecule has 23 heavy (non-hydrogen) atoms. The third-order valence-corrected chi connectivity index (χ3v) is 3.68. The van der Waals surface area contributed by atoms with E-state index in [0.717, 1.165) is 6.92 Å². The third kappa shape index (κ3) is 2.48. The molecule has 122 valence electrons. The van der Waals surface area contributed by atoms with Crippen molar-refractivity contribution in [3.8, 4) is 0 Å². The molecule has 0 amide bonds. The molecule has 1 unspecified atom stereocenters. The Bertz CT molecular complexity index is 799. The number of benzene rings is 2. The van der Waals surface area contributed by atoms with Crippen LogP contribution in [0, 0.1) is 40.7 Å². The minimum absolute atomic E-state index is 0.0143. The number of hydrogen-bond acceptors (Lipinski definition) is 0. The summed E-state index contributed by atoms with van der Waals surface area (Å²) in [6.45, 7) is 2.80. The van der Waals surface area contributed by atoms with Crippen LogP contribution in [0.4, 0.5) is 30.7 Å². The fourth-order valence-electron chi connectivity index (χ4n) is 2.63. The zero-order valence-corrected chi connectivity index (χ0v) is 12.1. The molecule has 0 aromatic heterocycles. The molecule has 0 saturated heterocycles. The van der Waals surface area contributed by atoms with Crippen molar-refractivity contribution in [2.24, 2.45) is 0 Å². The van der Waals surface area contributed by atoms with E-state index < -0.39 is 62.4 Å². The SMILES string of the molecule is [B]C(C)(CCC)c1c(F)c(F)c2c(F)c(F)c(F)c(F)c2c1F. The van der Waals surface area contributed by atoms with Crippen LogP contribution in [-0.2, 0) is 5.31 Å². The van der Waals surface area contributed by atoms with Crippen molar-refractivity contribution in [2.75, 3.05) is 0 Å². The van der Waals surface area contributed by atoms with Gasteiger partial charge in [0.15, 0.2) is 34.9 Å². The Balaban J connectivity index is 3.07. The quantitative estimate of drug-likeness (QED) is 0.321. The minimum Gasteiger partial charge on any atom is -0.206 e. The van der Waals surface area contributed by atoms with Crippen LogP contribution in [0.1, 0.15) is 32.3 Å². The molecule has 2 rings (SSSR count). The lowest BCUT2D eigenvalue weighted by Gasteiger charge is -2.27. The van der Waals surface area contributed by atoms with E-state index in [-0.39, 0.29) is 6.42 Å². The van der Waals surface area contributed by atoms with Crippen LogP contribution in [0.5, 0.6) is 0 Å². The van der Waals surface area contributed by atoms with E-state index in [1.807, 2.05) is 0 Å². The van der Waals surface area contributed by atoms with Gasteiger partial charge < -0.3 is 0 Å². The van der Waals surface area contributed by atoms with Gasteiger partial charge in [-0.25, -0.2) is 30.7 Å². The summed E-state index contributed by atoms with van der Waals surface area (Å²) >= 11 is 0. The van der Waals surface area contributed by atoms with Gasteiger partial charge in [-0.3, -0.25) is 0 Å². The van der Waals surface area contributed by atoms with E-state index in [1.165, 1.54) is 0 Å². The fraction of sp³-hybridized carbons (Fsp3) is 0.333. The van der Waals surface area contributed by atoms with Gasteiger partial charge >= 0.3 is 0 Å². The van der Waals surface area contributed by atoms with Gasteiger partial charge in [-0.1, -0.05) is 26.7 Å². The largest absolute Gasteiger partial charge is 0.206 e. The minimum atomic E-state index is -2.36. The number of rotatable bonds is 3. The van der Waals surface area contributed by atoms with E-state index in [0.29, 0.717) is 6.42 Å². The van der Waals surface area contributed by atoms with Gasteiger partial charge in [-0.05, 0) is 5.31 Å². The lowest BCUT2D eigenvalue weighted by Crippen LogP contribution is -2.26. The maximum Gasteiger partial charge on any atom is 0.198 e. The second-order valence-electron chi connectivity index (χ2n) is 5.49. The molecule has 0 spiro atoms. The van der Waals surface area contributed by atoms with E-state index in [2.05, 4.69) is 0 Å². The third-order valence-electron chi connectivity index (χ3n) is 3.68. The molecule has 0 aliphatic carbocycles. The number of hydrogen-bond donors (Lipinski definition) is 0. The van der Waals surface area contributed by atoms with Crippen molar-refractivity contribution in [1.82, 2.24) is 0 Å². The first-order valence-corrected chi connectivity index (χ1v) is 6.67. The van der Waals surface area contributed by atoms with E-state index in [9.17, 15) is 30.7 Å². The molecule has 0 N–H and O–H groups in total. The maximum absolute atomic E-state index is 14.5. The Kier molecular flexibility index (Phi) is 4.39. The molecular weight excluding hydrogens is 324 g/mol. The van der Waals surface area contributed by atoms with Gasteiger partial charge in [0.1, 0.15) is 5.82 Å². The van der Waals surface area contributed by atoms with Gasteiger partial charge in [0.05, 0.1) is 18.6 Å². The molecular formula is C15H10BF7. The normalized spacial score (nSPS) is 14.3. The van der Waals surface area contributed by atoms with Crippen LogP contribution in [-0.4, -0.2) is 7.85 Å². The first-order chi connectivity index (χ1) is 10.6. The van der Waals surface area contributed by atoms with Crippen LogP contribution >= 0.6 is 0 Å². The Hall–Kier alpha value is -1.73. The van der Waals surface area contributed by atoms with Crippen LogP contribution < -0.4 is 0 Å². The molecule has 0 aliphatic rings. The van der Waals surface area contributed by atoms with E-state index in [1.54, 1.807) is 6.92 Å². The first kappa shape index (κ1) is 17.6. The number of halogens is 7. The van der Waals surface area contributed by atoms with Crippen molar-refractivity contribution >= 4 is 18.6 Å². The zero-order chi connectivity index (χ0) is 17.7. The zero-order valence-electron chi connectivity index (χ0n) is 12.1. The molecule has 2 aromatic carbocycles. The van der Waals surface area contributed by atoms with Crippen LogP contribution in [0.2, 0.25) is 0 Å². The molecule has 2 radical (unpaired) electrons. The Morgan fingerprint density at radius 3 is 1.52 bits per heavy atom. The molecule has 0 saturated carbocycles. The van der Waals surface area contributed by atoms with Crippen molar-refractivity contribution in [1.29, 1.82) is 0 Å². The highest BCUT2D eigenvalue weighted by Crippen LogP contribution is 2.39. The average molecular weight is 334 g/mol. The topological polar surface area (TPSA) is 0 Å². The van der Waals surface area contributed by atoms with Crippen molar-refractivity contribution < 1.29 is 30.7 Å². The highest BCUT2D eigenvalue weighted by atomic mass is 19.2. The summed E-state index contributed by atoms with van der Waals surface area (Å²) in [5, 5.41) is -4.90. The highest BCUT2D eigenvalue weighted by molar-refractivity contribution is 6.16. The molecule has 0 heterocycles. The summed E-state index contributed by atoms with van der Waals surface area (Å²) in [5.41, 5.74) is -1.05. The molecule has 0 fully saturated rings. The van der Waals surface area contributed by atoms with E-state index in [4.69, 9.17) is 7.85 Å².